The van der Waals surface area contributed by atoms with E-state index in [1.54, 1.807) is 14.2 Å². The number of carbonyl (C=O) groups is 1. The lowest BCUT2D eigenvalue weighted by molar-refractivity contribution is -0.152. The van der Waals surface area contributed by atoms with Crippen LogP contribution in [-0.4, -0.2) is 32.2 Å². The Labute approximate surface area is 170 Å². The molecule has 0 saturated heterocycles. The normalized spacial score (nSPS) is 26.0. The van der Waals surface area contributed by atoms with Gasteiger partial charge in [0.15, 0.2) is 0 Å². The van der Waals surface area contributed by atoms with E-state index in [1.807, 2.05) is 24.3 Å². The van der Waals surface area contributed by atoms with Crippen LogP contribution in [-0.2, 0) is 20.9 Å². The Morgan fingerprint density at radius 2 is 1.86 bits per heavy atom. The number of benzene rings is 1. The zero-order valence-corrected chi connectivity index (χ0v) is 18.2. The van der Waals surface area contributed by atoms with Crippen molar-refractivity contribution < 1.29 is 19.0 Å². The van der Waals surface area contributed by atoms with Crippen LogP contribution in [0.3, 0.4) is 0 Å². The van der Waals surface area contributed by atoms with E-state index < -0.39 is 0 Å². The molecule has 1 aliphatic rings. The number of carbonyl (C=O) groups excluding carboxylic acids is 1. The number of ether oxygens (including phenoxy) is 3. The lowest BCUT2D eigenvalue weighted by Gasteiger charge is -2.40. The molecule has 1 aliphatic carbocycles. The van der Waals surface area contributed by atoms with Gasteiger partial charge in [-0.15, -0.1) is 0 Å². The fourth-order valence-corrected chi connectivity index (χ4v) is 3.99. The van der Waals surface area contributed by atoms with E-state index in [1.165, 1.54) is 0 Å². The maximum absolute atomic E-state index is 12.8. The van der Waals surface area contributed by atoms with Gasteiger partial charge in [-0.2, -0.15) is 0 Å². The fraction of sp³-hybridized carbons (Fsp3) is 0.625. The third-order valence-corrected chi connectivity index (χ3v) is 5.66. The predicted molar refractivity (Wildman–Crippen MR) is 112 cm³/mol. The Bertz CT molecular complexity index is 647. The molecule has 0 bridgehead atoms. The van der Waals surface area contributed by atoms with Crippen LogP contribution < -0.4 is 4.74 Å². The van der Waals surface area contributed by atoms with Crippen LogP contribution in [0.1, 0.15) is 52.5 Å². The summed E-state index contributed by atoms with van der Waals surface area (Å²) >= 11 is 0. The van der Waals surface area contributed by atoms with Gasteiger partial charge in [0.25, 0.3) is 0 Å². The molecular weight excluding hydrogens is 352 g/mol. The van der Waals surface area contributed by atoms with Crippen molar-refractivity contribution in [2.75, 3.05) is 14.2 Å². The first kappa shape index (κ1) is 22.6. The van der Waals surface area contributed by atoms with E-state index in [-0.39, 0.29) is 29.8 Å². The van der Waals surface area contributed by atoms with Crippen molar-refractivity contribution in [1.82, 2.24) is 0 Å². The SMILES string of the molecule is COc1ccc(CO[C@H]2[C@@H](OC)[C@H](C(C)=CCCC(C)C)C(=O)C[C@@H]2C)cc1. The van der Waals surface area contributed by atoms with Crippen LogP contribution in [0.15, 0.2) is 35.9 Å². The summed E-state index contributed by atoms with van der Waals surface area (Å²) in [5.41, 5.74) is 2.20. The third kappa shape index (κ3) is 5.92. The maximum atomic E-state index is 12.8. The highest BCUT2D eigenvalue weighted by Crippen LogP contribution is 2.35. The van der Waals surface area contributed by atoms with Crippen LogP contribution in [0, 0.1) is 17.8 Å². The lowest BCUT2D eigenvalue weighted by atomic mass is 9.74. The number of hydrogen-bond donors (Lipinski definition) is 0. The van der Waals surface area contributed by atoms with Crippen LogP contribution in [0.5, 0.6) is 5.75 Å². The summed E-state index contributed by atoms with van der Waals surface area (Å²) in [6, 6.07) is 7.89. The maximum Gasteiger partial charge on any atom is 0.143 e. The van der Waals surface area contributed by atoms with Gasteiger partial charge in [0.05, 0.1) is 31.8 Å². The molecule has 1 aromatic carbocycles. The molecular formula is C24H36O4. The van der Waals surface area contributed by atoms with E-state index in [2.05, 4.69) is 33.8 Å². The second-order valence-corrected chi connectivity index (χ2v) is 8.37. The summed E-state index contributed by atoms with van der Waals surface area (Å²) in [6.07, 6.45) is 4.52. The highest BCUT2D eigenvalue weighted by atomic mass is 16.5. The van der Waals surface area contributed by atoms with Crippen molar-refractivity contribution in [3.63, 3.8) is 0 Å². The second-order valence-electron chi connectivity index (χ2n) is 8.37. The van der Waals surface area contributed by atoms with Gasteiger partial charge in [-0.25, -0.2) is 0 Å². The smallest absolute Gasteiger partial charge is 0.143 e. The zero-order chi connectivity index (χ0) is 20.7. The topological polar surface area (TPSA) is 44.8 Å². The van der Waals surface area contributed by atoms with Gasteiger partial charge < -0.3 is 14.2 Å². The summed E-state index contributed by atoms with van der Waals surface area (Å²) in [4.78, 5) is 12.8. The molecule has 28 heavy (non-hydrogen) atoms. The number of allylic oxidation sites excluding steroid dienone is 1. The molecule has 0 N–H and O–H groups in total. The largest absolute Gasteiger partial charge is 0.497 e. The van der Waals surface area contributed by atoms with Crippen LogP contribution in [0.4, 0.5) is 0 Å². The van der Waals surface area contributed by atoms with Crippen molar-refractivity contribution in [2.45, 2.75) is 65.8 Å². The molecule has 0 radical (unpaired) electrons. The minimum Gasteiger partial charge on any atom is -0.497 e. The summed E-state index contributed by atoms with van der Waals surface area (Å²) in [6.45, 7) is 9.08. The Balaban J connectivity index is 2.10. The molecule has 1 saturated carbocycles. The van der Waals surface area contributed by atoms with Crippen LogP contribution in [0.25, 0.3) is 0 Å². The van der Waals surface area contributed by atoms with E-state index in [4.69, 9.17) is 14.2 Å². The van der Waals surface area contributed by atoms with Gasteiger partial charge in [-0.05, 0) is 49.3 Å². The monoisotopic (exact) mass is 388 g/mol. The Kier molecular flexibility index (Phi) is 8.71. The first-order chi connectivity index (χ1) is 13.4. The van der Waals surface area contributed by atoms with Crippen LogP contribution >= 0.6 is 0 Å². The Hall–Kier alpha value is -1.65. The number of ketones is 1. The summed E-state index contributed by atoms with van der Waals surface area (Å²) in [5, 5.41) is 0. The van der Waals surface area contributed by atoms with E-state index in [9.17, 15) is 4.79 Å². The average molecular weight is 389 g/mol. The van der Waals surface area contributed by atoms with E-state index in [0.29, 0.717) is 18.9 Å². The van der Waals surface area contributed by atoms with Crippen molar-refractivity contribution in [3.8, 4) is 5.75 Å². The number of Topliss-reactive ketones (excluding diaryl/α,β-unsaturated/α-hetero) is 1. The van der Waals surface area contributed by atoms with Gasteiger partial charge in [0.1, 0.15) is 11.5 Å². The predicted octanol–water partition coefficient (Wildman–Crippen LogP) is 5.20. The molecule has 1 aromatic rings. The molecule has 156 valence electrons. The van der Waals surface area contributed by atoms with Gasteiger partial charge in [-0.1, -0.05) is 44.6 Å². The number of hydrogen-bond acceptors (Lipinski definition) is 4. The second kappa shape index (κ2) is 10.8. The standard InChI is InChI=1S/C24H36O4/c1-16(2)8-7-9-17(3)22-21(25)14-18(4)23(24(22)27-6)28-15-19-10-12-20(26-5)13-11-19/h9-13,16,18,22-24H,7-8,14-15H2,1-6H3/t18-,22+,23+,24-/m0/s1. The van der Waals surface area contributed by atoms with Gasteiger partial charge in [0.2, 0.25) is 0 Å². The minimum absolute atomic E-state index is 0.108. The van der Waals surface area contributed by atoms with Crippen molar-refractivity contribution in [2.24, 2.45) is 17.8 Å². The fourth-order valence-electron chi connectivity index (χ4n) is 3.99. The Morgan fingerprint density at radius 1 is 1.18 bits per heavy atom. The highest BCUT2D eigenvalue weighted by Gasteiger charge is 2.44. The molecule has 4 heteroatoms. The van der Waals surface area contributed by atoms with Gasteiger partial charge in [0, 0.05) is 13.5 Å². The first-order valence-electron chi connectivity index (χ1n) is 10.3. The van der Waals surface area contributed by atoms with Crippen LogP contribution in [0.2, 0.25) is 0 Å². The molecule has 0 heterocycles. The molecule has 4 nitrogen and oxygen atoms in total. The molecule has 0 spiro atoms. The summed E-state index contributed by atoms with van der Waals surface area (Å²) in [5.74, 6) is 1.67. The van der Waals surface area contributed by atoms with Gasteiger partial charge >= 0.3 is 0 Å². The summed E-state index contributed by atoms with van der Waals surface area (Å²) < 4.78 is 17.3. The van der Waals surface area contributed by atoms with Crippen molar-refractivity contribution >= 4 is 5.78 Å². The first-order valence-corrected chi connectivity index (χ1v) is 10.3. The quantitative estimate of drug-likeness (QED) is 0.545. The van der Waals surface area contributed by atoms with Crippen molar-refractivity contribution in [1.29, 1.82) is 0 Å². The number of methoxy groups -OCH3 is 2. The molecule has 1 fully saturated rings. The molecule has 2 rings (SSSR count). The Morgan fingerprint density at radius 3 is 2.43 bits per heavy atom. The molecule has 0 aliphatic heterocycles. The van der Waals surface area contributed by atoms with Crippen molar-refractivity contribution in [3.05, 3.63) is 41.5 Å². The highest BCUT2D eigenvalue weighted by molar-refractivity contribution is 5.85. The van der Waals surface area contributed by atoms with Gasteiger partial charge in [-0.3, -0.25) is 4.79 Å². The molecule has 0 aromatic heterocycles. The zero-order valence-electron chi connectivity index (χ0n) is 18.2. The molecule has 0 amide bonds. The van der Waals surface area contributed by atoms with E-state index >= 15 is 0 Å². The number of rotatable bonds is 9. The lowest BCUT2D eigenvalue weighted by Crippen LogP contribution is -2.50. The third-order valence-electron chi connectivity index (χ3n) is 5.66. The molecule has 4 atom stereocenters. The van der Waals surface area contributed by atoms with E-state index in [0.717, 1.165) is 29.7 Å². The minimum atomic E-state index is -0.246. The summed E-state index contributed by atoms with van der Waals surface area (Å²) in [7, 11) is 3.35. The molecule has 0 unspecified atom stereocenters. The average Bonchev–Trinajstić information content (AvgIpc) is 2.66.